The van der Waals surface area contributed by atoms with Crippen LogP contribution in [-0.4, -0.2) is 103 Å². The van der Waals surface area contributed by atoms with Gasteiger partial charge >= 0.3 is 18.5 Å². The van der Waals surface area contributed by atoms with Gasteiger partial charge in [-0.1, -0.05) is 184 Å². The molecule has 0 aromatic rings. The van der Waals surface area contributed by atoms with Crippen molar-refractivity contribution in [3.8, 4) is 0 Å². The number of carbonyl (C=O) groups is 2. The molecule has 15 atom stereocenters. The fourth-order valence-electron chi connectivity index (χ4n) is 10.3. The fraction of sp³-hybridized carbons (Fsp3) is 0.955. The average Bonchev–Trinajstić information content (AvgIpc) is 4.49. The number of aliphatic hydroxyl groups is 4. The minimum Gasteiger partial charge on any atom is -0.434 e. The van der Waals surface area contributed by atoms with E-state index in [9.17, 15) is 19.8 Å². The SMILES string of the molecule is CC(C)CC(C)CC(C)CC(C)CO.CCC(C)CC(CC)CC(CC)CO.CCC(C)CC(CC)CC(CC)COC(=O)OCC(O)CC.CCC(O)COC(=O)OCC(C)CC(C)CC(C)CC(C)C.CCC1CO1.O=C=O.S=S=S=S=S=S=S=S=S=S. The lowest BCUT2D eigenvalue weighted by molar-refractivity contribution is -0.191. The van der Waals surface area contributed by atoms with Gasteiger partial charge in [-0.2, -0.15) is 9.59 Å². The fourth-order valence-corrected chi connectivity index (χ4v) is 26.8. The molecule has 0 bridgehead atoms. The second-order valence-corrected chi connectivity index (χ2v) is 40.3. The van der Waals surface area contributed by atoms with Crippen LogP contribution in [0.3, 0.4) is 0 Å². The molecule has 4 N–H and O–H groups in total. The van der Waals surface area contributed by atoms with E-state index in [1.807, 2.05) is 13.8 Å². The number of carbonyl (C=O) groups excluding carboxylic acids is 4. The Kier molecular flexibility index (Phi) is 82.1. The Morgan fingerprint density at radius 3 is 1.02 bits per heavy atom. The molecule has 0 amide bonds. The number of hydrogen-bond donors (Lipinski definition) is 4. The third-order valence-electron chi connectivity index (χ3n) is 15.7. The number of ether oxygens (including phenoxy) is 5. The van der Waals surface area contributed by atoms with Crippen LogP contribution >= 0.6 is 0 Å². The van der Waals surface area contributed by atoms with Gasteiger partial charge in [0, 0.05) is 107 Å². The molecule has 0 radical (unpaired) electrons. The Balaban J connectivity index is -0.000000242. The van der Waals surface area contributed by atoms with Gasteiger partial charge in [0.2, 0.25) is 0 Å². The van der Waals surface area contributed by atoms with Gasteiger partial charge in [-0.3, -0.25) is 0 Å². The topological polar surface area (TPSA) is 199 Å². The molecule has 0 aromatic carbocycles. The minimum atomic E-state index is -0.680. The Morgan fingerprint density at radius 2 is 0.733 bits per heavy atom. The first-order chi connectivity index (χ1) is 42.6. The average molecular weight is 1470 g/mol. The normalized spacial score (nSPS) is 16.5. The van der Waals surface area contributed by atoms with Crippen molar-refractivity contribution in [2.24, 2.45) is 82.9 Å². The standard InChI is InChI=1S/2C18H36O4.2C13H28O.C4H8O.CO2.S10/c1-7-17(19)12-22-18(20)21-11-16(6)10-15(5)9-14(4)8-13(2)3;1-6-14(5)10-15(7-2)11-16(8-3)12-21-18(20)22-13-17(19)9-4;1-10(2)6-11(3)7-12(4)8-13(5)9-14;1-5-11(4)8-12(6-2)9-13(7-3)10-14;1-2-4-3-5-4;2-1-3;1-3-5-7-9-10-8-6-4-2/h13-17,19H,7-12H2,1-6H3;14-17,19H,6-13H2,1-5H3;10-14H,6-9H2,1-5H3;11-14H,5-10H2,1-4H3;4H,2-3H2,1H3;;. The van der Waals surface area contributed by atoms with Crippen LogP contribution in [0.5, 0.6) is 0 Å². The summed E-state index contributed by atoms with van der Waals surface area (Å²) >= 11 is 9.31. The number of aliphatic hydroxyl groups excluding tert-OH is 4. The van der Waals surface area contributed by atoms with Crippen LogP contribution in [0.1, 0.15) is 267 Å². The summed E-state index contributed by atoms with van der Waals surface area (Å²) in [4.78, 5) is 39.2. The Morgan fingerprint density at radius 1 is 0.411 bits per heavy atom. The quantitative estimate of drug-likeness (QED) is 0.0335. The maximum absolute atomic E-state index is 11.5. The molecule has 0 spiro atoms. The van der Waals surface area contributed by atoms with Gasteiger partial charge in [-0.15, -0.1) is 0 Å². The molecule has 1 rings (SSSR count). The molecule has 1 aliphatic rings. The highest BCUT2D eigenvalue weighted by Crippen LogP contribution is 2.29. The van der Waals surface area contributed by atoms with Crippen molar-refractivity contribution in [1.29, 1.82) is 0 Å². The van der Waals surface area contributed by atoms with Crippen LogP contribution in [0.25, 0.3) is 0 Å². The predicted octanol–water partition coefficient (Wildman–Crippen LogP) is 17.2. The highest BCUT2D eigenvalue weighted by Gasteiger charge is 2.21. The zero-order valence-corrected chi connectivity index (χ0v) is 68.4. The van der Waals surface area contributed by atoms with Gasteiger partial charge in [0.1, 0.15) is 13.2 Å². The summed E-state index contributed by atoms with van der Waals surface area (Å²) in [6.07, 6.45) is 20.0. The van der Waals surface area contributed by atoms with Gasteiger partial charge in [0.25, 0.3) is 0 Å². The number of hydrogen-bond acceptors (Lipinski definition) is 15. The lowest BCUT2D eigenvalue weighted by Gasteiger charge is -2.23. The van der Waals surface area contributed by atoms with Crippen LogP contribution in [0, 0.1) is 82.9 Å². The van der Waals surface area contributed by atoms with Crippen molar-refractivity contribution in [3.63, 3.8) is 0 Å². The van der Waals surface area contributed by atoms with Gasteiger partial charge < -0.3 is 44.1 Å². The largest absolute Gasteiger partial charge is 0.508 e. The summed E-state index contributed by atoms with van der Waals surface area (Å²) in [5, 5.41) is 36.8. The minimum absolute atomic E-state index is 0.00678. The van der Waals surface area contributed by atoms with Crippen LogP contribution in [0.2, 0.25) is 0 Å². The molecule has 1 fully saturated rings. The van der Waals surface area contributed by atoms with E-state index < -0.39 is 24.5 Å². The van der Waals surface area contributed by atoms with E-state index in [-0.39, 0.29) is 19.4 Å². The maximum atomic E-state index is 11.5. The van der Waals surface area contributed by atoms with Crippen molar-refractivity contribution in [2.45, 2.75) is 286 Å². The van der Waals surface area contributed by atoms with Gasteiger partial charge in [0.05, 0.1) is 38.1 Å². The van der Waals surface area contributed by atoms with Crippen LogP contribution in [0.4, 0.5) is 9.59 Å². The molecule has 0 aromatic heterocycles. The van der Waals surface area contributed by atoms with Gasteiger partial charge in [-0.25, -0.2) is 9.59 Å². The first kappa shape index (κ1) is 101. The molecule has 15 unspecified atom stereocenters. The zero-order chi connectivity index (χ0) is 70.3. The summed E-state index contributed by atoms with van der Waals surface area (Å²) in [6, 6.07) is 0. The van der Waals surface area contributed by atoms with E-state index in [4.69, 9.17) is 43.5 Å². The van der Waals surface area contributed by atoms with Crippen molar-refractivity contribution in [3.05, 3.63) is 0 Å². The monoisotopic (exact) mass is 1470 g/mol. The van der Waals surface area contributed by atoms with E-state index in [1.165, 1.54) is 101 Å². The van der Waals surface area contributed by atoms with Crippen LogP contribution in [-0.2, 0) is 127 Å². The molecule has 23 heteroatoms. The van der Waals surface area contributed by atoms with E-state index >= 15 is 0 Å². The van der Waals surface area contributed by atoms with E-state index in [0.29, 0.717) is 80.9 Å². The second-order valence-electron chi connectivity index (χ2n) is 26.1. The van der Waals surface area contributed by atoms with Crippen molar-refractivity contribution >= 4 is 112 Å². The maximum Gasteiger partial charge on any atom is 0.508 e. The van der Waals surface area contributed by atoms with Crippen LogP contribution in [0.15, 0.2) is 0 Å². The van der Waals surface area contributed by atoms with E-state index in [1.54, 1.807) is 53.3 Å². The summed E-state index contributed by atoms with van der Waals surface area (Å²) in [5.41, 5.74) is 0. The van der Waals surface area contributed by atoms with Crippen molar-refractivity contribution in [2.75, 3.05) is 46.2 Å². The Bertz CT molecular complexity index is 1980. The lowest BCUT2D eigenvalue weighted by atomic mass is 9.84. The smallest absolute Gasteiger partial charge is 0.434 e. The van der Waals surface area contributed by atoms with Crippen LogP contribution < -0.4 is 0 Å². The van der Waals surface area contributed by atoms with Crippen molar-refractivity contribution in [1.82, 2.24) is 0 Å². The molecular weight excluding hydrogens is 1330 g/mol. The molecule has 1 aliphatic heterocycles. The summed E-state index contributed by atoms with van der Waals surface area (Å²) in [7, 11) is 12.7. The predicted molar refractivity (Wildman–Crippen MR) is 405 cm³/mol. The Hall–Kier alpha value is -0.0800. The molecule has 0 aliphatic carbocycles. The molecule has 13 nitrogen and oxygen atoms in total. The molecule has 1 saturated heterocycles. The first-order valence-corrected chi connectivity index (χ1v) is 46.0. The van der Waals surface area contributed by atoms with E-state index in [2.05, 4.69) is 154 Å². The summed E-state index contributed by atoms with van der Waals surface area (Å²) < 4.78 is 24.9. The van der Waals surface area contributed by atoms with Gasteiger partial charge in [0.15, 0.2) is 0 Å². The third kappa shape index (κ3) is 78.6. The number of epoxide rings is 1. The Labute approximate surface area is 585 Å². The summed E-state index contributed by atoms with van der Waals surface area (Å²) in [5.74, 6) is 9.34. The van der Waals surface area contributed by atoms with E-state index in [0.717, 1.165) is 79.6 Å². The molecule has 1 heterocycles. The summed E-state index contributed by atoms with van der Waals surface area (Å²) in [6.45, 7) is 48.9. The second kappa shape index (κ2) is 73.2. The molecule has 90 heavy (non-hydrogen) atoms. The highest BCUT2D eigenvalue weighted by molar-refractivity contribution is 8.73. The van der Waals surface area contributed by atoms with Crippen molar-refractivity contribution < 1.29 is 63.3 Å². The first-order valence-electron chi connectivity index (χ1n) is 34.0. The molecule has 0 saturated carbocycles. The lowest BCUT2D eigenvalue weighted by Crippen LogP contribution is -2.21. The molecular formula is C67H136O13S10. The zero-order valence-electron chi connectivity index (χ0n) is 60.2. The third-order valence-corrected chi connectivity index (χ3v) is 31.3. The number of rotatable bonds is 39. The molecule has 542 valence electrons. The van der Waals surface area contributed by atoms with Gasteiger partial charge in [-0.05, 0) is 166 Å². The highest BCUT2D eigenvalue weighted by atomic mass is 33.4.